The van der Waals surface area contributed by atoms with E-state index in [9.17, 15) is 19.8 Å². The fourth-order valence-corrected chi connectivity index (χ4v) is 5.29. The molecule has 0 spiro atoms. The molecule has 0 saturated heterocycles. The van der Waals surface area contributed by atoms with Gasteiger partial charge in [-0.1, -0.05) is 93.4 Å². The summed E-state index contributed by atoms with van der Waals surface area (Å²) in [6.45, 7) is 19.6. The number of fused-ring (bicyclic) bond motifs is 1. The molecule has 5 atom stereocenters. The molecule has 0 radical (unpaired) electrons. The number of nitrogens with two attached hydrogens (primary N) is 2. The summed E-state index contributed by atoms with van der Waals surface area (Å²) < 4.78 is 0. The molecule has 3 unspecified atom stereocenters. The first-order valence-electron chi connectivity index (χ1n) is 18.1. The molecule has 2 rings (SSSR count). The number of nitrogens with zero attached hydrogens (tertiary/aromatic N) is 1. The van der Waals surface area contributed by atoms with Gasteiger partial charge in [0.25, 0.3) is 0 Å². The Bertz CT molecular complexity index is 969. The summed E-state index contributed by atoms with van der Waals surface area (Å²) in [7, 11) is 0. The van der Waals surface area contributed by atoms with Gasteiger partial charge in [-0.3, -0.25) is 14.6 Å². The number of aliphatic imine (C=N–C) groups is 1. The van der Waals surface area contributed by atoms with Gasteiger partial charge in [0.2, 0.25) is 5.91 Å². The predicted octanol–water partition coefficient (Wildman–Crippen LogP) is 8.04. The monoisotopic (exact) mass is 665 g/mol. The Labute approximate surface area is 287 Å². The van der Waals surface area contributed by atoms with Crippen LogP contribution in [-0.2, 0) is 9.59 Å². The summed E-state index contributed by atoms with van der Waals surface area (Å²) in [5.74, 6) is 1.84. The molecule has 1 amide bonds. The number of rotatable bonds is 15. The molecule has 0 aliphatic heterocycles. The number of unbranched alkanes of at least 4 members (excludes halogenated alkanes) is 1. The molecule has 274 valence electrons. The van der Waals surface area contributed by atoms with Crippen molar-refractivity contribution in [2.24, 2.45) is 45.5 Å². The molecule has 0 bridgehead atoms. The molecule has 2 aliphatic carbocycles. The van der Waals surface area contributed by atoms with Gasteiger partial charge in [-0.25, -0.2) is 0 Å². The van der Waals surface area contributed by atoms with Crippen molar-refractivity contribution in [2.75, 3.05) is 13.1 Å². The van der Waals surface area contributed by atoms with Gasteiger partial charge in [-0.15, -0.1) is 0 Å². The van der Waals surface area contributed by atoms with Crippen molar-refractivity contribution >= 4 is 17.8 Å². The number of aliphatic carboxylic acids is 1. The number of carbonyl (C=O) groups is 2. The second-order valence-corrected chi connectivity index (χ2v) is 13.6. The highest BCUT2D eigenvalue weighted by molar-refractivity contribution is 5.81. The lowest BCUT2D eigenvalue weighted by molar-refractivity contribution is -0.138. The van der Waals surface area contributed by atoms with Crippen molar-refractivity contribution in [3.8, 4) is 0 Å². The Kier molecular flexibility index (Phi) is 26.8. The second-order valence-electron chi connectivity index (χ2n) is 13.6. The number of carbonyl (C=O) groups excluding carboxylic acids is 1. The van der Waals surface area contributed by atoms with Gasteiger partial charge in [0.05, 0.1) is 11.9 Å². The Balaban J connectivity index is 0. The van der Waals surface area contributed by atoms with Gasteiger partial charge in [0.1, 0.15) is 6.54 Å². The molecule has 0 aromatic rings. The van der Waals surface area contributed by atoms with Crippen LogP contribution in [0, 0.1) is 29.1 Å². The molecule has 47 heavy (non-hydrogen) atoms. The van der Waals surface area contributed by atoms with E-state index in [0.29, 0.717) is 42.3 Å². The van der Waals surface area contributed by atoms with Gasteiger partial charge >= 0.3 is 5.97 Å². The third kappa shape index (κ3) is 23.2. The standard InChI is InChI=1S/C21H33NO4.C10H20O.C4H11N3.C3H8/c1-14-6-10-19-16(12-14)8-7-15(2)18(19)11-9-17(23)4-3-5-20(24)22-13-21(25)26;1-5-7-8-9(11)10(3,4)6-2;1-2-3-7-4(5)6;1-3-2/h7-8,12,14-15,17-19,23H,3-6,9-11,13H2,1-2H3,(H,22,24)(H,25,26);8,11H,5-7H2,1-4H3;2-3H2,1H3,(H4,5,6,7);3H2,1-2H3/t14-,15?,17?,18+,19?;;;/m1.../s1. The maximum Gasteiger partial charge on any atom is 0.322 e. The Hall–Kier alpha value is -2.81. The smallest absolute Gasteiger partial charge is 0.322 e. The van der Waals surface area contributed by atoms with E-state index in [4.69, 9.17) is 16.6 Å². The minimum Gasteiger partial charge on any atom is -0.512 e. The minimum absolute atomic E-state index is 0.0326. The predicted molar refractivity (Wildman–Crippen MR) is 198 cm³/mol. The summed E-state index contributed by atoms with van der Waals surface area (Å²) in [6.07, 6.45) is 19.6. The second kappa shape index (κ2) is 27.2. The van der Waals surface area contributed by atoms with E-state index < -0.39 is 12.1 Å². The first-order chi connectivity index (χ1) is 22.1. The number of aliphatic hydroxyl groups is 2. The number of nitrogens with one attached hydrogen (secondary N) is 1. The maximum atomic E-state index is 11.5. The van der Waals surface area contributed by atoms with Gasteiger partial charge in [-0.2, -0.15) is 0 Å². The van der Waals surface area contributed by atoms with Crippen LogP contribution >= 0.6 is 0 Å². The zero-order chi connectivity index (χ0) is 36.4. The molecule has 9 heteroatoms. The fourth-order valence-electron chi connectivity index (χ4n) is 5.29. The van der Waals surface area contributed by atoms with E-state index >= 15 is 0 Å². The molecule has 0 aromatic carbocycles. The van der Waals surface area contributed by atoms with Crippen LogP contribution in [0.1, 0.15) is 139 Å². The van der Waals surface area contributed by atoms with E-state index in [1.54, 1.807) is 0 Å². The van der Waals surface area contributed by atoms with E-state index in [0.717, 1.165) is 45.1 Å². The molecule has 0 aromatic heterocycles. The van der Waals surface area contributed by atoms with E-state index in [2.05, 4.69) is 83.9 Å². The normalized spacial score (nSPS) is 20.7. The number of guanidine groups is 1. The molecular weight excluding hydrogens is 592 g/mol. The van der Waals surface area contributed by atoms with E-state index in [1.807, 2.05) is 13.0 Å². The Morgan fingerprint density at radius 2 is 1.70 bits per heavy atom. The lowest BCUT2D eigenvalue weighted by atomic mass is 9.66. The van der Waals surface area contributed by atoms with Crippen molar-refractivity contribution < 1.29 is 24.9 Å². The maximum absolute atomic E-state index is 11.5. The highest BCUT2D eigenvalue weighted by Gasteiger charge is 2.33. The molecule has 2 aliphatic rings. The number of aliphatic hydroxyl groups excluding tert-OH is 2. The number of allylic oxidation sites excluding steroid dienone is 6. The third-order valence-corrected chi connectivity index (χ3v) is 8.56. The van der Waals surface area contributed by atoms with Gasteiger partial charge in [-0.05, 0) is 93.1 Å². The Morgan fingerprint density at radius 3 is 2.21 bits per heavy atom. The van der Waals surface area contributed by atoms with Crippen LogP contribution in [0.4, 0.5) is 0 Å². The highest BCUT2D eigenvalue weighted by atomic mass is 16.4. The number of hydrogen-bond acceptors (Lipinski definition) is 5. The third-order valence-electron chi connectivity index (χ3n) is 8.56. The average Bonchev–Trinajstić information content (AvgIpc) is 3.02. The van der Waals surface area contributed by atoms with Crippen molar-refractivity contribution in [1.82, 2.24) is 5.32 Å². The quantitative estimate of drug-likeness (QED) is 0.0584. The van der Waals surface area contributed by atoms with Crippen LogP contribution in [0.3, 0.4) is 0 Å². The van der Waals surface area contributed by atoms with Crippen LogP contribution in [0.15, 0.2) is 40.6 Å². The minimum atomic E-state index is -1.04. The number of hydrogen-bond donors (Lipinski definition) is 6. The van der Waals surface area contributed by atoms with Crippen molar-refractivity contribution in [3.63, 3.8) is 0 Å². The number of carboxylic acids is 1. The topological polar surface area (TPSA) is 171 Å². The van der Waals surface area contributed by atoms with E-state index in [1.165, 1.54) is 24.8 Å². The summed E-state index contributed by atoms with van der Waals surface area (Å²) in [6, 6.07) is 0. The lowest BCUT2D eigenvalue weighted by Crippen LogP contribution is -2.30. The van der Waals surface area contributed by atoms with Crippen LogP contribution < -0.4 is 16.8 Å². The van der Waals surface area contributed by atoms with Gasteiger partial charge in [0, 0.05) is 18.4 Å². The van der Waals surface area contributed by atoms with Gasteiger partial charge < -0.3 is 32.1 Å². The molecule has 9 nitrogen and oxygen atoms in total. The molecule has 0 fully saturated rings. The first kappa shape index (κ1) is 46.3. The summed E-state index contributed by atoms with van der Waals surface area (Å²) in [5.41, 5.74) is 11.5. The average molecular weight is 665 g/mol. The highest BCUT2D eigenvalue weighted by Crippen LogP contribution is 2.43. The molecule has 0 heterocycles. The van der Waals surface area contributed by atoms with Crippen LogP contribution in [-0.4, -0.2) is 52.3 Å². The number of amides is 1. The largest absolute Gasteiger partial charge is 0.512 e. The van der Waals surface area contributed by atoms with Crippen LogP contribution in [0.2, 0.25) is 0 Å². The van der Waals surface area contributed by atoms with Gasteiger partial charge in [0.15, 0.2) is 5.96 Å². The summed E-state index contributed by atoms with van der Waals surface area (Å²) >= 11 is 0. The van der Waals surface area contributed by atoms with Crippen molar-refractivity contribution in [1.29, 1.82) is 0 Å². The molecule has 0 saturated carbocycles. The zero-order valence-corrected chi connectivity index (χ0v) is 31.4. The number of carboxylic acid groups (broad SMARTS) is 1. The lowest BCUT2D eigenvalue weighted by Gasteiger charge is -2.38. The van der Waals surface area contributed by atoms with Crippen LogP contribution in [0.5, 0.6) is 0 Å². The SMILES string of the molecule is CC1C=CC2=C[C@H](C)CCC2[C@H]1CCC(O)CCCC(=O)NCC(=O)O.CCC.CCCC=C(O)C(C)(C)CC.CCCN=C(N)N. The zero-order valence-electron chi connectivity index (χ0n) is 31.4. The Morgan fingerprint density at radius 1 is 1.06 bits per heavy atom. The van der Waals surface area contributed by atoms with Crippen molar-refractivity contribution in [3.05, 3.63) is 35.6 Å². The van der Waals surface area contributed by atoms with Crippen LogP contribution in [0.25, 0.3) is 0 Å². The fraction of sp³-hybridized carbons (Fsp3) is 0.763. The van der Waals surface area contributed by atoms with Crippen molar-refractivity contribution in [2.45, 2.75) is 145 Å². The first-order valence-corrected chi connectivity index (χ1v) is 18.1. The summed E-state index contributed by atoms with van der Waals surface area (Å²) in [5, 5.41) is 30.7. The molecule has 8 N–H and O–H groups in total. The molecular formula is C38H72N4O5. The summed E-state index contributed by atoms with van der Waals surface area (Å²) in [4.78, 5) is 25.6. The van der Waals surface area contributed by atoms with E-state index in [-0.39, 0.29) is 30.2 Å².